The number of nitrogens with zero attached hydrogens (tertiary/aromatic N) is 2. The van der Waals surface area contributed by atoms with E-state index in [1.165, 1.54) is 18.7 Å². The Morgan fingerprint density at radius 3 is 2.91 bits per heavy atom. The summed E-state index contributed by atoms with van der Waals surface area (Å²) in [6.07, 6.45) is 0.386. The summed E-state index contributed by atoms with van der Waals surface area (Å²) in [4.78, 5) is 25.0. The Hall–Kier alpha value is -2.08. The van der Waals surface area contributed by atoms with E-state index in [2.05, 4.69) is 10.2 Å². The van der Waals surface area contributed by atoms with Gasteiger partial charge < -0.3 is 0 Å². The maximum absolute atomic E-state index is 12.1. The molecule has 1 fully saturated rings. The molecule has 1 unspecified atom stereocenters. The molecule has 0 aliphatic carbocycles. The second-order valence-electron chi connectivity index (χ2n) is 5.39. The Morgan fingerprint density at radius 1 is 1.41 bits per heavy atom. The Kier molecular flexibility index (Phi) is 4.02. The van der Waals surface area contributed by atoms with Crippen molar-refractivity contribution in [1.29, 1.82) is 0 Å². The molecule has 0 saturated carbocycles. The van der Waals surface area contributed by atoms with Crippen molar-refractivity contribution in [1.82, 2.24) is 10.2 Å². The molecule has 6 heteroatoms. The average Bonchev–Trinajstić information content (AvgIpc) is 3.05. The summed E-state index contributed by atoms with van der Waals surface area (Å²) in [5, 5.41) is 7.32. The summed E-state index contributed by atoms with van der Waals surface area (Å²) >= 11 is 1.23. The molecule has 2 heterocycles. The first-order valence-electron chi connectivity index (χ1n) is 7.13. The number of amides is 1. The molecule has 0 bridgehead atoms. The second kappa shape index (κ2) is 5.96. The standard InChI is InChI=1S/C16H17N3O2S/c1-10-5-3-4-6-13(10)14-8-15(18-17-14)19-9-12(7-16(19)21)22-11(2)20/h3-6,8,12H,7,9H2,1-2H3,(H,17,18). The van der Waals surface area contributed by atoms with E-state index in [0.717, 1.165) is 16.8 Å². The van der Waals surface area contributed by atoms with E-state index in [0.29, 0.717) is 18.8 Å². The van der Waals surface area contributed by atoms with Gasteiger partial charge >= 0.3 is 0 Å². The minimum absolute atomic E-state index is 0.0154. The number of carbonyl (C=O) groups is 2. The summed E-state index contributed by atoms with van der Waals surface area (Å²) in [6.45, 7) is 4.10. The van der Waals surface area contributed by atoms with E-state index in [9.17, 15) is 9.59 Å². The predicted molar refractivity (Wildman–Crippen MR) is 87.8 cm³/mol. The van der Waals surface area contributed by atoms with Gasteiger partial charge in [0.25, 0.3) is 0 Å². The lowest BCUT2D eigenvalue weighted by atomic mass is 10.1. The van der Waals surface area contributed by atoms with Crippen LogP contribution in [0, 0.1) is 6.92 Å². The molecule has 1 saturated heterocycles. The van der Waals surface area contributed by atoms with Gasteiger partial charge in [-0.15, -0.1) is 0 Å². The summed E-state index contributed by atoms with van der Waals surface area (Å²) in [6, 6.07) is 9.91. The van der Waals surface area contributed by atoms with Crippen molar-refractivity contribution in [2.45, 2.75) is 25.5 Å². The van der Waals surface area contributed by atoms with Gasteiger partial charge in [-0.2, -0.15) is 5.10 Å². The van der Waals surface area contributed by atoms with Crippen molar-refractivity contribution in [3.63, 3.8) is 0 Å². The highest BCUT2D eigenvalue weighted by atomic mass is 32.2. The first-order chi connectivity index (χ1) is 10.5. The fourth-order valence-corrected chi connectivity index (χ4v) is 3.59. The normalized spacial score (nSPS) is 18.0. The van der Waals surface area contributed by atoms with Crippen LogP contribution in [0.15, 0.2) is 30.3 Å². The molecule has 2 aromatic rings. The highest BCUT2D eigenvalue weighted by Crippen LogP contribution is 2.30. The third kappa shape index (κ3) is 2.92. The Labute approximate surface area is 133 Å². The lowest BCUT2D eigenvalue weighted by Gasteiger charge is -2.12. The maximum Gasteiger partial charge on any atom is 0.229 e. The van der Waals surface area contributed by atoms with E-state index >= 15 is 0 Å². The molecule has 5 nitrogen and oxygen atoms in total. The monoisotopic (exact) mass is 315 g/mol. The van der Waals surface area contributed by atoms with Crippen LogP contribution in [0.4, 0.5) is 5.82 Å². The van der Waals surface area contributed by atoms with Crippen LogP contribution in [0.25, 0.3) is 11.3 Å². The summed E-state index contributed by atoms with van der Waals surface area (Å²) < 4.78 is 0. The van der Waals surface area contributed by atoms with Crippen LogP contribution in [0.1, 0.15) is 18.9 Å². The van der Waals surface area contributed by atoms with Crippen LogP contribution in [0.5, 0.6) is 0 Å². The van der Waals surface area contributed by atoms with Crippen molar-refractivity contribution in [2.75, 3.05) is 11.4 Å². The number of hydrogen-bond donors (Lipinski definition) is 1. The van der Waals surface area contributed by atoms with Crippen molar-refractivity contribution in [2.24, 2.45) is 0 Å². The largest absolute Gasteiger partial charge is 0.294 e. The smallest absolute Gasteiger partial charge is 0.229 e. The molecule has 1 aromatic heterocycles. The molecule has 1 aromatic carbocycles. The quantitative estimate of drug-likeness (QED) is 0.946. The van der Waals surface area contributed by atoms with E-state index < -0.39 is 0 Å². The minimum atomic E-state index is 0.0154. The number of H-pyrrole nitrogens is 1. The third-order valence-corrected chi connectivity index (χ3v) is 4.68. The molecule has 1 N–H and O–H groups in total. The number of nitrogens with one attached hydrogen (secondary N) is 1. The number of anilines is 1. The van der Waals surface area contributed by atoms with Gasteiger partial charge in [0.2, 0.25) is 5.91 Å². The Morgan fingerprint density at radius 2 is 2.18 bits per heavy atom. The lowest BCUT2D eigenvalue weighted by Crippen LogP contribution is -2.25. The molecular formula is C16H17N3O2S. The van der Waals surface area contributed by atoms with Crippen LogP contribution in [0.3, 0.4) is 0 Å². The van der Waals surface area contributed by atoms with Crippen molar-refractivity contribution >= 4 is 28.6 Å². The number of aryl methyl sites for hydroxylation is 1. The highest BCUT2D eigenvalue weighted by Gasteiger charge is 2.33. The van der Waals surface area contributed by atoms with Gasteiger partial charge in [-0.25, -0.2) is 0 Å². The average molecular weight is 315 g/mol. The molecule has 1 atom stereocenters. The molecule has 3 rings (SSSR count). The van der Waals surface area contributed by atoms with Crippen LogP contribution in [0.2, 0.25) is 0 Å². The van der Waals surface area contributed by atoms with Crippen molar-refractivity contribution < 1.29 is 9.59 Å². The first kappa shape index (κ1) is 14.8. The Bertz CT molecular complexity index is 726. The Balaban J connectivity index is 1.81. The topological polar surface area (TPSA) is 66.1 Å². The number of aromatic nitrogens is 2. The lowest BCUT2D eigenvalue weighted by molar-refractivity contribution is -0.117. The molecule has 0 spiro atoms. The summed E-state index contributed by atoms with van der Waals surface area (Å²) in [5.74, 6) is 0.636. The molecule has 1 aliphatic heterocycles. The van der Waals surface area contributed by atoms with Gasteiger partial charge in [0.1, 0.15) is 0 Å². The van der Waals surface area contributed by atoms with Gasteiger partial charge in [-0.3, -0.25) is 19.6 Å². The van der Waals surface area contributed by atoms with Crippen LogP contribution in [-0.4, -0.2) is 33.0 Å². The summed E-state index contributed by atoms with van der Waals surface area (Å²) in [5.41, 5.74) is 3.11. The minimum Gasteiger partial charge on any atom is -0.294 e. The van der Waals surface area contributed by atoms with Gasteiger partial charge in [-0.05, 0) is 12.5 Å². The fourth-order valence-electron chi connectivity index (χ4n) is 2.67. The van der Waals surface area contributed by atoms with Crippen molar-refractivity contribution in [3.05, 3.63) is 35.9 Å². The van der Waals surface area contributed by atoms with E-state index in [-0.39, 0.29) is 16.3 Å². The van der Waals surface area contributed by atoms with Crippen molar-refractivity contribution in [3.8, 4) is 11.3 Å². The van der Waals surface area contributed by atoms with Crippen LogP contribution < -0.4 is 4.90 Å². The molecule has 1 amide bonds. The van der Waals surface area contributed by atoms with Gasteiger partial charge in [0.15, 0.2) is 10.9 Å². The van der Waals surface area contributed by atoms with Gasteiger partial charge in [0, 0.05) is 36.8 Å². The van der Waals surface area contributed by atoms with Crippen LogP contribution >= 0.6 is 11.8 Å². The molecular weight excluding hydrogens is 298 g/mol. The summed E-state index contributed by atoms with van der Waals surface area (Å²) in [7, 11) is 0. The van der Waals surface area contributed by atoms with Gasteiger partial charge in [-0.1, -0.05) is 36.0 Å². The second-order valence-corrected chi connectivity index (χ2v) is 6.87. The zero-order chi connectivity index (χ0) is 15.7. The molecule has 1 aliphatic rings. The van der Waals surface area contributed by atoms with E-state index in [1.54, 1.807) is 4.90 Å². The molecule has 22 heavy (non-hydrogen) atoms. The number of rotatable bonds is 3. The number of hydrogen-bond acceptors (Lipinski definition) is 4. The first-order valence-corrected chi connectivity index (χ1v) is 8.01. The third-order valence-electron chi connectivity index (χ3n) is 3.70. The number of thioether (sulfide) groups is 1. The zero-order valence-electron chi connectivity index (χ0n) is 12.5. The van der Waals surface area contributed by atoms with E-state index in [1.807, 2.05) is 37.3 Å². The van der Waals surface area contributed by atoms with Crippen LogP contribution in [-0.2, 0) is 9.59 Å². The predicted octanol–water partition coefficient (Wildman–Crippen LogP) is 2.77. The van der Waals surface area contributed by atoms with E-state index in [4.69, 9.17) is 0 Å². The molecule has 0 radical (unpaired) electrons. The molecule has 114 valence electrons. The maximum atomic E-state index is 12.1. The number of carbonyl (C=O) groups excluding carboxylic acids is 2. The fraction of sp³-hybridized carbons (Fsp3) is 0.312. The number of benzene rings is 1. The van der Waals surface area contributed by atoms with Gasteiger partial charge in [0.05, 0.1) is 5.69 Å². The zero-order valence-corrected chi connectivity index (χ0v) is 13.3. The SMILES string of the molecule is CC(=O)SC1CC(=O)N(c2cc(-c3ccccc3C)[nH]n2)C1. The highest BCUT2D eigenvalue weighted by molar-refractivity contribution is 8.14. The number of aromatic amines is 1.